The summed E-state index contributed by atoms with van der Waals surface area (Å²) in [4.78, 5) is 37.4. The summed E-state index contributed by atoms with van der Waals surface area (Å²) in [5.41, 5.74) is 0.113. The van der Waals surface area contributed by atoms with Gasteiger partial charge in [0.25, 0.3) is 5.56 Å². The van der Waals surface area contributed by atoms with Gasteiger partial charge < -0.3 is 14.8 Å². The Kier molecular flexibility index (Phi) is 4.54. The van der Waals surface area contributed by atoms with E-state index in [4.69, 9.17) is 10.2 Å². The first-order chi connectivity index (χ1) is 11.3. The fourth-order valence-electron chi connectivity index (χ4n) is 2.13. The predicted octanol–water partition coefficient (Wildman–Crippen LogP) is 0.0611. The number of rotatable bonds is 1. The van der Waals surface area contributed by atoms with Crippen molar-refractivity contribution < 1.29 is 15.0 Å². The fourth-order valence-corrected chi connectivity index (χ4v) is 2.13. The van der Waals surface area contributed by atoms with Crippen LogP contribution in [0.1, 0.15) is 10.4 Å². The highest BCUT2D eigenvalue weighted by Gasteiger charge is 2.11. The van der Waals surface area contributed by atoms with E-state index in [-0.39, 0.29) is 22.6 Å². The summed E-state index contributed by atoms with van der Waals surface area (Å²) in [6.45, 7) is 0. The van der Waals surface area contributed by atoms with Crippen molar-refractivity contribution in [1.29, 1.82) is 0 Å². The molecule has 126 valence electrons. The lowest BCUT2D eigenvalue weighted by Gasteiger charge is -2.02. The van der Waals surface area contributed by atoms with Crippen LogP contribution < -0.4 is 11.2 Å². The third-order valence-electron chi connectivity index (χ3n) is 3.45. The number of benzene rings is 1. The summed E-state index contributed by atoms with van der Waals surface area (Å²) in [5, 5.41) is 17.3. The second-order valence-electron chi connectivity index (χ2n) is 5.06. The summed E-state index contributed by atoms with van der Waals surface area (Å²) in [5.74, 6) is -1.31. The molecule has 0 bridgehead atoms. The molecule has 24 heavy (non-hydrogen) atoms. The molecule has 3 aromatic rings. The molecule has 0 fully saturated rings. The first-order valence-corrected chi connectivity index (χ1v) is 6.84. The van der Waals surface area contributed by atoms with Crippen molar-refractivity contribution in [3.05, 3.63) is 57.0 Å². The minimum absolute atomic E-state index is 0.0671. The molecule has 9 heteroatoms. The number of aryl methyl sites for hydroxylation is 2. The van der Waals surface area contributed by atoms with E-state index in [1.165, 1.54) is 30.1 Å². The van der Waals surface area contributed by atoms with Crippen LogP contribution in [0.4, 0.5) is 0 Å². The minimum atomic E-state index is -1.11. The van der Waals surface area contributed by atoms with Gasteiger partial charge in [-0.15, -0.1) is 0 Å². The number of hydrogen-bond donors (Lipinski definition) is 2. The first-order valence-electron chi connectivity index (χ1n) is 6.84. The number of carbonyl (C=O) groups is 1. The molecule has 0 saturated heterocycles. The van der Waals surface area contributed by atoms with E-state index in [0.29, 0.717) is 11.2 Å². The Bertz CT molecular complexity index is 1030. The molecule has 2 N–H and O–H groups in total. The molecule has 0 unspecified atom stereocenters. The Morgan fingerprint density at radius 1 is 1.08 bits per heavy atom. The monoisotopic (exact) mass is 332 g/mol. The van der Waals surface area contributed by atoms with Gasteiger partial charge in [0.2, 0.25) is 0 Å². The maximum absolute atomic E-state index is 11.7. The number of carboxylic acids is 1. The van der Waals surface area contributed by atoms with E-state index < -0.39 is 5.97 Å². The Balaban J connectivity index is 0.000000185. The molecule has 2 heterocycles. The number of carboxylic acid groups (broad SMARTS) is 1. The molecule has 0 atom stereocenters. The van der Waals surface area contributed by atoms with Crippen LogP contribution in [0.15, 0.2) is 40.2 Å². The third kappa shape index (κ3) is 2.91. The lowest BCUT2D eigenvalue weighted by atomic mass is 10.2. The van der Waals surface area contributed by atoms with Crippen LogP contribution in [0.25, 0.3) is 11.2 Å². The van der Waals surface area contributed by atoms with E-state index >= 15 is 0 Å². The molecule has 0 amide bonds. The average molecular weight is 332 g/mol. The number of imidazole rings is 1. The zero-order chi connectivity index (χ0) is 18.0. The van der Waals surface area contributed by atoms with E-state index in [1.54, 1.807) is 30.8 Å². The molecular weight excluding hydrogens is 316 g/mol. The molecule has 0 spiro atoms. The van der Waals surface area contributed by atoms with Gasteiger partial charge in [0.05, 0.1) is 6.33 Å². The molecule has 0 aliphatic heterocycles. The molecule has 0 radical (unpaired) electrons. The van der Waals surface area contributed by atoms with E-state index in [1.807, 2.05) is 0 Å². The van der Waals surface area contributed by atoms with Crippen LogP contribution in [0, 0.1) is 0 Å². The van der Waals surface area contributed by atoms with Crippen LogP contribution in [0.5, 0.6) is 5.75 Å². The Morgan fingerprint density at radius 2 is 1.71 bits per heavy atom. The van der Waals surface area contributed by atoms with Gasteiger partial charge >= 0.3 is 11.7 Å². The number of aromatic nitrogens is 4. The van der Waals surface area contributed by atoms with Gasteiger partial charge in [0.15, 0.2) is 11.2 Å². The van der Waals surface area contributed by atoms with Crippen molar-refractivity contribution >= 4 is 17.1 Å². The van der Waals surface area contributed by atoms with Crippen molar-refractivity contribution in [2.24, 2.45) is 21.1 Å². The third-order valence-corrected chi connectivity index (χ3v) is 3.45. The molecular formula is C15H16N4O5. The number of hydrogen-bond acceptors (Lipinski definition) is 5. The smallest absolute Gasteiger partial charge is 0.339 e. The quantitative estimate of drug-likeness (QED) is 0.650. The predicted molar refractivity (Wildman–Crippen MR) is 86.3 cm³/mol. The molecule has 0 aliphatic carbocycles. The van der Waals surface area contributed by atoms with Gasteiger partial charge in [-0.3, -0.25) is 13.9 Å². The maximum Gasteiger partial charge on any atom is 0.339 e. The summed E-state index contributed by atoms with van der Waals surface area (Å²) < 4.78 is 4.04. The maximum atomic E-state index is 11.7. The summed E-state index contributed by atoms with van der Waals surface area (Å²) >= 11 is 0. The van der Waals surface area contributed by atoms with Gasteiger partial charge in [-0.25, -0.2) is 14.6 Å². The largest absolute Gasteiger partial charge is 0.507 e. The number of fused-ring (bicyclic) bond motifs is 1. The summed E-state index contributed by atoms with van der Waals surface area (Å²) in [7, 11) is 4.77. The van der Waals surface area contributed by atoms with E-state index in [0.717, 1.165) is 4.57 Å². The number of para-hydroxylation sites is 1. The van der Waals surface area contributed by atoms with Crippen molar-refractivity contribution in [3.8, 4) is 5.75 Å². The van der Waals surface area contributed by atoms with Gasteiger partial charge in [-0.2, -0.15) is 0 Å². The number of nitrogens with zero attached hydrogens (tertiary/aromatic N) is 4. The molecule has 0 aliphatic rings. The highest BCUT2D eigenvalue weighted by molar-refractivity contribution is 5.90. The highest BCUT2D eigenvalue weighted by Crippen LogP contribution is 2.14. The molecule has 1 aromatic carbocycles. The number of aromatic carboxylic acids is 1. The minimum Gasteiger partial charge on any atom is -0.507 e. The van der Waals surface area contributed by atoms with Crippen LogP contribution in [-0.2, 0) is 21.1 Å². The lowest BCUT2D eigenvalue weighted by molar-refractivity contribution is 0.0693. The van der Waals surface area contributed by atoms with Crippen molar-refractivity contribution in [3.63, 3.8) is 0 Å². The SMILES string of the molecule is Cn1c(=O)c2c(ncn2C)n(C)c1=O.O=C(O)c1ccccc1O. The van der Waals surface area contributed by atoms with Gasteiger partial charge in [-0.1, -0.05) is 12.1 Å². The van der Waals surface area contributed by atoms with Gasteiger partial charge in [0.1, 0.15) is 11.3 Å². The van der Waals surface area contributed by atoms with Crippen LogP contribution in [0.2, 0.25) is 0 Å². The Hall–Kier alpha value is -3.36. The summed E-state index contributed by atoms with van der Waals surface area (Å²) in [6, 6.07) is 5.81. The molecule has 9 nitrogen and oxygen atoms in total. The standard InChI is InChI=1S/C8H10N4O2.C7H6O3/c1-10-4-9-6-5(10)7(13)12(3)8(14)11(6)2;8-6-4-2-1-3-5(6)7(9)10/h4H,1-3H3;1-4,8H,(H,9,10). The molecule has 0 saturated carbocycles. The summed E-state index contributed by atoms with van der Waals surface area (Å²) in [6.07, 6.45) is 1.52. The Morgan fingerprint density at radius 3 is 2.25 bits per heavy atom. The molecule has 2 aromatic heterocycles. The number of phenols is 1. The zero-order valence-corrected chi connectivity index (χ0v) is 13.3. The van der Waals surface area contributed by atoms with Crippen molar-refractivity contribution in [2.45, 2.75) is 0 Å². The first kappa shape index (κ1) is 17.0. The fraction of sp³-hybridized carbons (Fsp3) is 0.200. The van der Waals surface area contributed by atoms with Crippen molar-refractivity contribution in [1.82, 2.24) is 18.7 Å². The van der Waals surface area contributed by atoms with Crippen LogP contribution in [0.3, 0.4) is 0 Å². The second kappa shape index (κ2) is 6.41. The van der Waals surface area contributed by atoms with E-state index in [2.05, 4.69) is 4.98 Å². The van der Waals surface area contributed by atoms with Gasteiger partial charge in [0, 0.05) is 21.1 Å². The second-order valence-corrected chi connectivity index (χ2v) is 5.06. The van der Waals surface area contributed by atoms with Crippen molar-refractivity contribution in [2.75, 3.05) is 0 Å². The van der Waals surface area contributed by atoms with Crippen LogP contribution in [-0.4, -0.2) is 34.9 Å². The Labute approximate surface area is 135 Å². The lowest BCUT2D eigenvalue weighted by Crippen LogP contribution is -2.37. The molecule has 3 rings (SSSR count). The average Bonchev–Trinajstić information content (AvgIpc) is 2.93. The van der Waals surface area contributed by atoms with Gasteiger partial charge in [-0.05, 0) is 12.1 Å². The highest BCUT2D eigenvalue weighted by atomic mass is 16.4. The topological polar surface area (TPSA) is 119 Å². The van der Waals surface area contributed by atoms with Crippen LogP contribution >= 0.6 is 0 Å². The van der Waals surface area contributed by atoms with E-state index in [9.17, 15) is 14.4 Å². The number of aromatic hydroxyl groups is 1. The normalized spacial score (nSPS) is 10.3. The zero-order valence-electron chi connectivity index (χ0n) is 13.3.